The van der Waals surface area contributed by atoms with Crippen molar-refractivity contribution in [2.24, 2.45) is 11.3 Å². The van der Waals surface area contributed by atoms with Crippen LogP contribution in [0.2, 0.25) is 0 Å². The summed E-state index contributed by atoms with van der Waals surface area (Å²) in [5.74, 6) is -0.414. The fraction of sp³-hybridized carbons (Fsp3) is 0.867. The van der Waals surface area contributed by atoms with E-state index in [9.17, 15) is 14.7 Å². The van der Waals surface area contributed by atoms with Crippen molar-refractivity contribution < 1.29 is 19.4 Å². The number of rotatable bonds is 2. The molecule has 2 N–H and O–H groups in total. The highest BCUT2D eigenvalue weighted by Crippen LogP contribution is 2.34. The maximum Gasteiger partial charge on any atom is 0.332 e. The molecule has 2 saturated heterocycles. The summed E-state index contributed by atoms with van der Waals surface area (Å²) >= 11 is 0. The Balaban J connectivity index is 1.92. The van der Waals surface area contributed by atoms with Gasteiger partial charge in [-0.05, 0) is 24.2 Å². The lowest BCUT2D eigenvalue weighted by Gasteiger charge is -2.39. The minimum atomic E-state index is -1.25. The summed E-state index contributed by atoms with van der Waals surface area (Å²) in [6, 6.07) is -0.282. The molecule has 0 aromatic heterocycles. The van der Waals surface area contributed by atoms with E-state index in [-0.39, 0.29) is 18.1 Å². The first-order chi connectivity index (χ1) is 9.74. The van der Waals surface area contributed by atoms with Gasteiger partial charge in [-0.25, -0.2) is 9.59 Å². The Labute approximate surface area is 125 Å². The van der Waals surface area contributed by atoms with Gasteiger partial charge < -0.3 is 20.1 Å². The molecular weight excluding hydrogens is 272 g/mol. The molecule has 21 heavy (non-hydrogen) atoms. The summed E-state index contributed by atoms with van der Waals surface area (Å²) in [5.41, 5.74) is -0.998. The van der Waals surface area contributed by atoms with Crippen molar-refractivity contribution in [3.63, 3.8) is 0 Å². The number of nitrogens with one attached hydrogen (secondary N) is 1. The van der Waals surface area contributed by atoms with Crippen LogP contribution in [0.4, 0.5) is 4.79 Å². The van der Waals surface area contributed by atoms with Gasteiger partial charge in [0.2, 0.25) is 0 Å². The van der Waals surface area contributed by atoms with Gasteiger partial charge in [-0.15, -0.1) is 0 Å². The van der Waals surface area contributed by atoms with E-state index in [2.05, 4.69) is 26.1 Å². The van der Waals surface area contributed by atoms with Crippen molar-refractivity contribution in [3.8, 4) is 0 Å². The van der Waals surface area contributed by atoms with Crippen molar-refractivity contribution >= 4 is 12.0 Å². The van der Waals surface area contributed by atoms with Gasteiger partial charge in [0, 0.05) is 26.1 Å². The molecule has 6 heteroatoms. The molecule has 120 valence electrons. The Morgan fingerprint density at radius 3 is 2.33 bits per heavy atom. The maximum absolute atomic E-state index is 12.3. The molecule has 2 rings (SSSR count). The van der Waals surface area contributed by atoms with Crippen LogP contribution in [0, 0.1) is 11.3 Å². The number of likely N-dealkylation sites (tertiary alicyclic amines) is 1. The van der Waals surface area contributed by atoms with E-state index in [0.29, 0.717) is 32.0 Å². The normalized spacial score (nSPS) is 27.7. The number of nitrogens with zero attached hydrogens (tertiary/aromatic N) is 1. The Morgan fingerprint density at radius 1 is 1.29 bits per heavy atom. The summed E-state index contributed by atoms with van der Waals surface area (Å²) < 4.78 is 5.16. The first-order valence-corrected chi connectivity index (χ1v) is 7.63. The quantitative estimate of drug-likeness (QED) is 0.813. The molecule has 6 nitrogen and oxygen atoms in total. The van der Waals surface area contributed by atoms with Crippen LogP contribution < -0.4 is 5.32 Å². The molecule has 2 heterocycles. The zero-order chi connectivity index (χ0) is 15.7. The number of aliphatic carboxylic acids is 1. The van der Waals surface area contributed by atoms with Gasteiger partial charge in [0.05, 0.1) is 6.61 Å². The highest BCUT2D eigenvalue weighted by atomic mass is 16.5. The molecule has 2 aliphatic rings. The van der Waals surface area contributed by atoms with Gasteiger partial charge in [-0.3, -0.25) is 0 Å². The largest absolute Gasteiger partial charge is 0.479 e. The topological polar surface area (TPSA) is 78.9 Å². The van der Waals surface area contributed by atoms with Crippen molar-refractivity contribution in [1.29, 1.82) is 0 Å². The molecular formula is C15H26N2O4. The second-order valence-corrected chi connectivity index (χ2v) is 7.25. The van der Waals surface area contributed by atoms with Gasteiger partial charge >= 0.3 is 12.0 Å². The molecule has 2 amide bonds. The van der Waals surface area contributed by atoms with Crippen LogP contribution in [0.25, 0.3) is 0 Å². The molecule has 0 radical (unpaired) electrons. The Bertz CT molecular complexity index is 402. The van der Waals surface area contributed by atoms with Gasteiger partial charge in [0.1, 0.15) is 0 Å². The number of urea groups is 1. The fourth-order valence-electron chi connectivity index (χ4n) is 3.12. The maximum atomic E-state index is 12.3. The van der Waals surface area contributed by atoms with Crippen LogP contribution in [0.1, 0.15) is 40.0 Å². The third-order valence-corrected chi connectivity index (χ3v) is 4.78. The molecule has 1 atom stereocenters. The number of carboxylic acid groups (broad SMARTS) is 1. The number of amides is 2. The molecule has 0 spiro atoms. The van der Waals surface area contributed by atoms with Gasteiger partial charge in [-0.2, -0.15) is 0 Å². The summed E-state index contributed by atoms with van der Waals surface area (Å²) in [6.45, 7) is 8.47. The Kier molecular flexibility index (Phi) is 4.46. The summed E-state index contributed by atoms with van der Waals surface area (Å²) in [5, 5.41) is 12.0. The third-order valence-electron chi connectivity index (χ3n) is 4.78. The number of piperidine rings is 1. The summed E-state index contributed by atoms with van der Waals surface area (Å²) in [7, 11) is 0. The second-order valence-electron chi connectivity index (χ2n) is 7.25. The second kappa shape index (κ2) is 5.83. The zero-order valence-corrected chi connectivity index (χ0v) is 13.1. The number of hydrogen-bond acceptors (Lipinski definition) is 3. The van der Waals surface area contributed by atoms with Crippen molar-refractivity contribution in [2.75, 3.05) is 26.3 Å². The standard InChI is InChI=1S/C15H26N2O4/c1-14(2,3)11-4-7-17(8-5-11)13(20)16-15(12(18)19)6-9-21-10-15/h11H,4-10H2,1-3H3,(H,16,20)(H,18,19). The summed E-state index contributed by atoms with van der Waals surface area (Å²) in [4.78, 5) is 25.5. The molecule has 0 bridgehead atoms. The van der Waals surface area contributed by atoms with E-state index in [1.807, 2.05) is 0 Å². The van der Waals surface area contributed by atoms with Gasteiger partial charge in [0.15, 0.2) is 5.54 Å². The molecule has 0 saturated carbocycles. The van der Waals surface area contributed by atoms with E-state index in [1.54, 1.807) is 4.90 Å². The predicted octanol–water partition coefficient (Wildman–Crippen LogP) is 1.70. The average molecular weight is 298 g/mol. The van der Waals surface area contributed by atoms with Crippen LogP contribution in [0.15, 0.2) is 0 Å². The first kappa shape index (κ1) is 16.1. The molecule has 0 aromatic rings. The number of carbonyl (C=O) groups excluding carboxylic acids is 1. The number of ether oxygens (including phenoxy) is 1. The molecule has 1 unspecified atom stereocenters. The molecule has 0 aliphatic carbocycles. The minimum Gasteiger partial charge on any atom is -0.479 e. The molecule has 0 aromatic carbocycles. The lowest BCUT2D eigenvalue weighted by atomic mass is 9.75. The van der Waals surface area contributed by atoms with Crippen LogP contribution in [-0.4, -0.2) is 53.8 Å². The van der Waals surface area contributed by atoms with Crippen molar-refractivity contribution in [1.82, 2.24) is 10.2 Å². The van der Waals surface area contributed by atoms with E-state index in [0.717, 1.165) is 12.8 Å². The zero-order valence-electron chi connectivity index (χ0n) is 13.1. The Hall–Kier alpha value is -1.30. The van der Waals surface area contributed by atoms with Crippen molar-refractivity contribution in [2.45, 2.75) is 45.6 Å². The van der Waals surface area contributed by atoms with Crippen LogP contribution in [-0.2, 0) is 9.53 Å². The lowest BCUT2D eigenvalue weighted by Crippen LogP contribution is -2.59. The molecule has 2 fully saturated rings. The first-order valence-electron chi connectivity index (χ1n) is 7.63. The highest BCUT2D eigenvalue weighted by molar-refractivity contribution is 5.86. The summed E-state index contributed by atoms with van der Waals surface area (Å²) in [6.07, 6.45) is 2.26. The van der Waals surface area contributed by atoms with Crippen LogP contribution >= 0.6 is 0 Å². The molecule has 2 aliphatic heterocycles. The van der Waals surface area contributed by atoms with Gasteiger partial charge in [-0.1, -0.05) is 20.8 Å². The van der Waals surface area contributed by atoms with Crippen LogP contribution in [0.3, 0.4) is 0 Å². The third kappa shape index (κ3) is 3.48. The highest BCUT2D eigenvalue weighted by Gasteiger charge is 2.45. The SMILES string of the molecule is CC(C)(C)C1CCN(C(=O)NC2(C(=O)O)CCOC2)CC1. The van der Waals surface area contributed by atoms with E-state index in [4.69, 9.17) is 4.74 Å². The number of hydrogen-bond donors (Lipinski definition) is 2. The van der Waals surface area contributed by atoms with E-state index >= 15 is 0 Å². The number of carboxylic acids is 1. The monoisotopic (exact) mass is 298 g/mol. The smallest absolute Gasteiger partial charge is 0.332 e. The predicted molar refractivity (Wildman–Crippen MR) is 78.1 cm³/mol. The van der Waals surface area contributed by atoms with Crippen LogP contribution in [0.5, 0.6) is 0 Å². The lowest BCUT2D eigenvalue weighted by molar-refractivity contribution is -0.144. The van der Waals surface area contributed by atoms with E-state index in [1.165, 1.54) is 0 Å². The fourth-order valence-corrected chi connectivity index (χ4v) is 3.12. The minimum absolute atomic E-state index is 0.0481. The number of carbonyl (C=O) groups is 2. The van der Waals surface area contributed by atoms with E-state index < -0.39 is 11.5 Å². The Morgan fingerprint density at radius 2 is 1.90 bits per heavy atom. The average Bonchev–Trinajstić information content (AvgIpc) is 2.88. The van der Waals surface area contributed by atoms with Gasteiger partial charge in [0.25, 0.3) is 0 Å². The van der Waals surface area contributed by atoms with Crippen molar-refractivity contribution in [3.05, 3.63) is 0 Å².